The fourth-order valence-electron chi connectivity index (χ4n) is 2.89. The molecule has 0 spiro atoms. The van der Waals surface area contributed by atoms with Crippen LogP contribution in [0.1, 0.15) is 38.5 Å². The summed E-state index contributed by atoms with van der Waals surface area (Å²) in [7, 11) is 3.92. The fourth-order valence-corrected chi connectivity index (χ4v) is 5.92. The van der Waals surface area contributed by atoms with E-state index in [9.17, 15) is 19.2 Å². The first-order valence-electron chi connectivity index (χ1n) is 9.99. The molecule has 2 aliphatic rings. The van der Waals surface area contributed by atoms with Gasteiger partial charge in [0.15, 0.2) is 0 Å². The molecule has 8 nitrogen and oxygen atoms in total. The van der Waals surface area contributed by atoms with Gasteiger partial charge in [0, 0.05) is 55.6 Å². The molecule has 2 N–H and O–H groups in total. The Morgan fingerprint density at radius 3 is 2.31 bits per heavy atom. The van der Waals surface area contributed by atoms with Crippen LogP contribution in [-0.2, 0) is 23.9 Å². The maximum absolute atomic E-state index is 11.8. The van der Waals surface area contributed by atoms with Crippen LogP contribution in [-0.4, -0.2) is 72.4 Å². The molecule has 1 atom stereocenters. The number of amides is 4. The zero-order chi connectivity index (χ0) is 20.9. The SMILES string of the molecule is O=C(CCCC[C@@H]1CCSS1)NCCOCCNC(=O)CCN1C(=O)C=CC1=O. The molecule has 2 rings (SSSR count). The number of imide groups is 1. The number of carbonyl (C=O) groups excluding carboxylic acids is 4. The lowest BCUT2D eigenvalue weighted by Gasteiger charge is -2.13. The topological polar surface area (TPSA) is 105 Å². The second-order valence-electron chi connectivity index (χ2n) is 6.80. The summed E-state index contributed by atoms with van der Waals surface area (Å²) in [5.74, 6) is 0.276. The minimum Gasteiger partial charge on any atom is -0.378 e. The van der Waals surface area contributed by atoms with Gasteiger partial charge in [0.25, 0.3) is 11.8 Å². The van der Waals surface area contributed by atoms with Gasteiger partial charge in [-0.2, -0.15) is 0 Å². The fraction of sp³-hybridized carbons (Fsp3) is 0.684. The van der Waals surface area contributed by atoms with Gasteiger partial charge in [-0.15, -0.1) is 0 Å². The lowest BCUT2D eigenvalue weighted by molar-refractivity contribution is -0.137. The summed E-state index contributed by atoms with van der Waals surface area (Å²) in [4.78, 5) is 47.2. The van der Waals surface area contributed by atoms with Crippen LogP contribution < -0.4 is 10.6 Å². The average molecular weight is 444 g/mol. The summed E-state index contributed by atoms with van der Waals surface area (Å²) < 4.78 is 5.38. The van der Waals surface area contributed by atoms with Gasteiger partial charge in [-0.1, -0.05) is 28.0 Å². The molecule has 0 aromatic heterocycles. The molecular formula is C19H29N3O5S2. The Labute approximate surface area is 179 Å². The number of nitrogens with zero attached hydrogens (tertiary/aromatic N) is 1. The first-order chi connectivity index (χ1) is 14.1. The van der Waals surface area contributed by atoms with Crippen LogP contribution in [0.2, 0.25) is 0 Å². The Morgan fingerprint density at radius 2 is 1.69 bits per heavy atom. The standard InChI is InChI=1S/C19H29N3O5S2/c23-16(4-2-1-3-15-8-14-28-29-15)20-9-12-27-13-10-21-17(24)7-11-22-18(25)5-6-19(22)26/h5-6,15H,1-4,7-14H2,(H,20,23)(H,21,24)/t15-/m1/s1. The summed E-state index contributed by atoms with van der Waals surface area (Å²) in [5, 5.41) is 6.27. The van der Waals surface area contributed by atoms with Gasteiger partial charge in [0.05, 0.1) is 13.2 Å². The second kappa shape index (κ2) is 13.7. The Bertz CT molecular complexity index is 591. The quantitative estimate of drug-likeness (QED) is 0.237. The summed E-state index contributed by atoms with van der Waals surface area (Å²) in [5.41, 5.74) is 0. The number of rotatable bonds is 14. The van der Waals surface area contributed by atoms with Gasteiger partial charge in [0.2, 0.25) is 11.8 Å². The number of nitrogens with one attached hydrogen (secondary N) is 2. The van der Waals surface area contributed by atoms with Gasteiger partial charge in [-0.25, -0.2) is 0 Å². The van der Waals surface area contributed by atoms with E-state index in [-0.39, 0.29) is 36.6 Å². The minimum atomic E-state index is -0.389. The van der Waals surface area contributed by atoms with Crippen molar-refractivity contribution in [2.24, 2.45) is 0 Å². The Morgan fingerprint density at radius 1 is 1.03 bits per heavy atom. The zero-order valence-electron chi connectivity index (χ0n) is 16.5. The second-order valence-corrected chi connectivity index (χ2v) is 9.59. The molecule has 2 aliphatic heterocycles. The lowest BCUT2D eigenvalue weighted by Crippen LogP contribution is -2.35. The van der Waals surface area contributed by atoms with E-state index in [0.717, 1.165) is 23.0 Å². The summed E-state index contributed by atoms with van der Waals surface area (Å²) in [6.45, 7) is 1.59. The molecular weight excluding hydrogens is 414 g/mol. The van der Waals surface area contributed by atoms with E-state index in [4.69, 9.17) is 4.74 Å². The molecule has 162 valence electrons. The van der Waals surface area contributed by atoms with Gasteiger partial charge in [-0.05, 0) is 19.3 Å². The molecule has 0 bridgehead atoms. The van der Waals surface area contributed by atoms with Crippen molar-refractivity contribution in [2.45, 2.75) is 43.8 Å². The Hall–Kier alpha value is -1.52. The van der Waals surface area contributed by atoms with Gasteiger partial charge < -0.3 is 15.4 Å². The number of ether oxygens (including phenoxy) is 1. The Balaban J connectivity index is 1.36. The number of hydrogen-bond acceptors (Lipinski definition) is 7. The van der Waals surface area contributed by atoms with Crippen molar-refractivity contribution in [2.75, 3.05) is 38.6 Å². The highest BCUT2D eigenvalue weighted by molar-refractivity contribution is 8.77. The maximum Gasteiger partial charge on any atom is 0.253 e. The zero-order valence-corrected chi connectivity index (χ0v) is 18.2. The van der Waals surface area contributed by atoms with Crippen LogP contribution in [0.5, 0.6) is 0 Å². The molecule has 29 heavy (non-hydrogen) atoms. The number of hydrogen-bond donors (Lipinski definition) is 2. The molecule has 0 aromatic carbocycles. The van der Waals surface area contributed by atoms with Crippen LogP contribution in [0.25, 0.3) is 0 Å². The van der Waals surface area contributed by atoms with E-state index in [2.05, 4.69) is 10.6 Å². The van der Waals surface area contributed by atoms with Crippen LogP contribution in [0.4, 0.5) is 0 Å². The third kappa shape index (κ3) is 9.68. The van der Waals surface area contributed by atoms with Crippen LogP contribution in [0.3, 0.4) is 0 Å². The van der Waals surface area contributed by atoms with Crippen LogP contribution in [0, 0.1) is 0 Å². The van der Waals surface area contributed by atoms with Crippen molar-refractivity contribution in [3.8, 4) is 0 Å². The first kappa shape index (κ1) is 23.8. The normalized spacial score (nSPS) is 18.5. The molecule has 1 saturated heterocycles. The highest BCUT2D eigenvalue weighted by atomic mass is 33.1. The van der Waals surface area contributed by atoms with E-state index in [1.165, 1.54) is 30.7 Å². The van der Waals surface area contributed by atoms with Gasteiger partial charge in [0.1, 0.15) is 0 Å². The third-order valence-electron chi connectivity index (χ3n) is 4.51. The van der Waals surface area contributed by atoms with E-state index in [1.54, 1.807) is 0 Å². The number of unbranched alkanes of at least 4 members (excludes halogenated alkanes) is 1. The van der Waals surface area contributed by atoms with Crippen LogP contribution >= 0.6 is 21.6 Å². The summed E-state index contributed by atoms with van der Waals surface area (Å²) >= 11 is 0. The molecule has 4 amide bonds. The monoisotopic (exact) mass is 443 g/mol. The third-order valence-corrected chi connectivity index (χ3v) is 7.51. The molecule has 0 unspecified atom stereocenters. The predicted molar refractivity (Wildman–Crippen MR) is 114 cm³/mol. The summed E-state index contributed by atoms with van der Waals surface area (Å²) in [6.07, 6.45) is 7.51. The number of carbonyl (C=O) groups is 4. The smallest absolute Gasteiger partial charge is 0.253 e. The largest absolute Gasteiger partial charge is 0.378 e. The van der Waals surface area contributed by atoms with E-state index in [0.29, 0.717) is 32.7 Å². The molecule has 1 fully saturated rings. The van der Waals surface area contributed by atoms with Crippen molar-refractivity contribution < 1.29 is 23.9 Å². The maximum atomic E-state index is 11.8. The average Bonchev–Trinajstić information content (AvgIpc) is 3.33. The van der Waals surface area contributed by atoms with Crippen molar-refractivity contribution in [3.05, 3.63) is 12.2 Å². The molecule has 2 heterocycles. The van der Waals surface area contributed by atoms with Crippen molar-refractivity contribution >= 4 is 45.2 Å². The molecule has 0 saturated carbocycles. The lowest BCUT2D eigenvalue weighted by atomic mass is 10.1. The van der Waals surface area contributed by atoms with Gasteiger partial charge in [-0.3, -0.25) is 24.1 Å². The van der Waals surface area contributed by atoms with Gasteiger partial charge >= 0.3 is 0 Å². The first-order valence-corrected chi connectivity index (χ1v) is 12.4. The highest BCUT2D eigenvalue weighted by Gasteiger charge is 2.23. The molecule has 0 aliphatic carbocycles. The van der Waals surface area contributed by atoms with E-state index in [1.807, 2.05) is 21.6 Å². The molecule has 0 aromatic rings. The molecule has 10 heteroatoms. The van der Waals surface area contributed by atoms with E-state index < -0.39 is 0 Å². The molecule has 0 radical (unpaired) electrons. The predicted octanol–water partition coefficient (Wildman–Crippen LogP) is 1.26. The Kier molecular flexibility index (Phi) is 11.2. The minimum absolute atomic E-state index is 0.0517. The summed E-state index contributed by atoms with van der Waals surface area (Å²) in [6, 6.07) is 0. The van der Waals surface area contributed by atoms with Crippen molar-refractivity contribution in [3.63, 3.8) is 0 Å². The van der Waals surface area contributed by atoms with Crippen LogP contribution in [0.15, 0.2) is 12.2 Å². The highest BCUT2D eigenvalue weighted by Crippen LogP contribution is 2.39. The van der Waals surface area contributed by atoms with Crippen molar-refractivity contribution in [1.29, 1.82) is 0 Å². The van der Waals surface area contributed by atoms with E-state index >= 15 is 0 Å². The van der Waals surface area contributed by atoms with Crippen molar-refractivity contribution in [1.82, 2.24) is 15.5 Å².